The predicted octanol–water partition coefficient (Wildman–Crippen LogP) is 3.91. The Kier molecular flexibility index (Phi) is 6.36. The standard InChI is InChI=1S/C29H36N4O4/c1-5-29(6-2)16-24(34)33(27(30)32-29)22-14-23(37-4)20-12-11-17(13-21(20)22)26(35)31-25-19-10-8-7-9-18(19)15-28(25,3)36/h7-13,22-23,25,36H,5-6,14-16H2,1-4H3,(H2,30,32)(H,31,35)/t22-,23+,25-,28-/m1/s1. The number of benzene rings is 2. The van der Waals surface area contributed by atoms with Crippen molar-refractivity contribution in [3.63, 3.8) is 0 Å². The lowest BCUT2D eigenvalue weighted by Gasteiger charge is -2.44. The number of hydrogen-bond donors (Lipinski definition) is 4. The van der Waals surface area contributed by atoms with Crippen LogP contribution in [0.15, 0.2) is 42.5 Å². The summed E-state index contributed by atoms with van der Waals surface area (Å²) in [6.07, 6.45) is 2.59. The van der Waals surface area contributed by atoms with Crippen LogP contribution in [0.25, 0.3) is 0 Å². The number of carbonyl (C=O) groups is 2. The van der Waals surface area contributed by atoms with Gasteiger partial charge in [0, 0.05) is 31.1 Å². The van der Waals surface area contributed by atoms with Gasteiger partial charge < -0.3 is 20.5 Å². The van der Waals surface area contributed by atoms with E-state index in [0.717, 1.165) is 35.1 Å². The van der Waals surface area contributed by atoms with Gasteiger partial charge in [-0.2, -0.15) is 0 Å². The maximum atomic E-state index is 13.4. The highest BCUT2D eigenvalue weighted by atomic mass is 16.5. The lowest BCUT2D eigenvalue weighted by molar-refractivity contribution is -0.133. The molecule has 1 fully saturated rings. The van der Waals surface area contributed by atoms with Crippen LogP contribution in [0, 0.1) is 5.41 Å². The average molecular weight is 505 g/mol. The van der Waals surface area contributed by atoms with E-state index in [2.05, 4.69) is 10.6 Å². The van der Waals surface area contributed by atoms with Crippen LogP contribution in [0.5, 0.6) is 0 Å². The van der Waals surface area contributed by atoms with E-state index in [1.165, 1.54) is 4.90 Å². The van der Waals surface area contributed by atoms with Gasteiger partial charge in [-0.05, 0) is 54.2 Å². The minimum absolute atomic E-state index is 0.0892. The van der Waals surface area contributed by atoms with Crippen molar-refractivity contribution in [3.8, 4) is 0 Å². The highest BCUT2D eigenvalue weighted by molar-refractivity contribution is 6.00. The minimum Gasteiger partial charge on any atom is -0.387 e. The van der Waals surface area contributed by atoms with E-state index in [1.807, 2.05) is 50.2 Å². The average Bonchev–Trinajstić information content (AvgIpc) is 3.36. The third-order valence-electron chi connectivity index (χ3n) is 8.64. The third kappa shape index (κ3) is 4.22. The zero-order valence-electron chi connectivity index (χ0n) is 21.9. The molecule has 0 bridgehead atoms. The van der Waals surface area contributed by atoms with Crippen LogP contribution in [0.4, 0.5) is 0 Å². The molecule has 0 radical (unpaired) electrons. The van der Waals surface area contributed by atoms with Crippen LogP contribution in [-0.2, 0) is 16.0 Å². The molecule has 4 atom stereocenters. The minimum atomic E-state index is -1.09. The molecule has 2 aromatic carbocycles. The summed E-state index contributed by atoms with van der Waals surface area (Å²) in [6.45, 7) is 5.81. The Morgan fingerprint density at radius 3 is 2.57 bits per heavy atom. The molecule has 0 spiro atoms. The number of guanidine groups is 1. The molecule has 0 unspecified atom stereocenters. The molecule has 37 heavy (non-hydrogen) atoms. The van der Waals surface area contributed by atoms with E-state index >= 15 is 0 Å². The van der Waals surface area contributed by atoms with Gasteiger partial charge in [-0.3, -0.25) is 19.9 Å². The van der Waals surface area contributed by atoms with Crippen LogP contribution in [0.2, 0.25) is 0 Å². The van der Waals surface area contributed by atoms with Crippen molar-refractivity contribution >= 4 is 17.8 Å². The Balaban J connectivity index is 1.44. The largest absolute Gasteiger partial charge is 0.387 e. The summed E-state index contributed by atoms with van der Waals surface area (Å²) >= 11 is 0. The van der Waals surface area contributed by atoms with E-state index in [1.54, 1.807) is 20.1 Å². The van der Waals surface area contributed by atoms with Gasteiger partial charge in [0.15, 0.2) is 5.96 Å². The third-order valence-corrected chi connectivity index (χ3v) is 8.64. The number of rotatable bonds is 6. The zero-order valence-corrected chi connectivity index (χ0v) is 21.9. The fourth-order valence-corrected chi connectivity index (χ4v) is 6.33. The number of methoxy groups -OCH3 is 1. The Morgan fingerprint density at radius 2 is 1.89 bits per heavy atom. The quantitative estimate of drug-likeness (QED) is 0.476. The first-order chi connectivity index (χ1) is 17.6. The van der Waals surface area contributed by atoms with Crippen molar-refractivity contribution in [2.24, 2.45) is 0 Å². The monoisotopic (exact) mass is 504 g/mol. The molecule has 2 amide bonds. The first-order valence-electron chi connectivity index (χ1n) is 13.1. The van der Waals surface area contributed by atoms with Crippen molar-refractivity contribution in [3.05, 3.63) is 70.3 Å². The number of fused-ring (bicyclic) bond motifs is 2. The molecule has 1 heterocycles. The highest BCUT2D eigenvalue weighted by Crippen LogP contribution is 2.46. The molecule has 5 rings (SSSR count). The van der Waals surface area contributed by atoms with Gasteiger partial charge in [0.1, 0.15) is 0 Å². The summed E-state index contributed by atoms with van der Waals surface area (Å²) in [7, 11) is 1.64. The number of carbonyl (C=O) groups excluding carboxylic acids is 2. The van der Waals surface area contributed by atoms with E-state index in [0.29, 0.717) is 24.8 Å². The lowest BCUT2D eigenvalue weighted by atomic mass is 9.86. The van der Waals surface area contributed by atoms with Crippen molar-refractivity contribution in [2.75, 3.05) is 7.11 Å². The molecule has 0 saturated carbocycles. The van der Waals surface area contributed by atoms with Crippen LogP contribution < -0.4 is 10.6 Å². The van der Waals surface area contributed by atoms with Crippen LogP contribution >= 0.6 is 0 Å². The molecule has 8 nitrogen and oxygen atoms in total. The lowest BCUT2D eigenvalue weighted by Crippen LogP contribution is -2.62. The molecule has 1 aliphatic heterocycles. The van der Waals surface area contributed by atoms with Gasteiger partial charge in [-0.1, -0.05) is 44.2 Å². The molecule has 4 N–H and O–H groups in total. The second-order valence-corrected chi connectivity index (χ2v) is 10.9. The number of amides is 2. The summed E-state index contributed by atoms with van der Waals surface area (Å²) < 4.78 is 5.72. The summed E-state index contributed by atoms with van der Waals surface area (Å²) in [5.74, 6) is -0.284. The van der Waals surface area contributed by atoms with Crippen LogP contribution in [-0.4, -0.2) is 46.0 Å². The molecule has 3 aliphatic rings. The first kappa shape index (κ1) is 25.4. The van der Waals surface area contributed by atoms with Crippen molar-refractivity contribution in [2.45, 2.75) is 82.2 Å². The topological polar surface area (TPSA) is 115 Å². The number of nitrogens with zero attached hydrogens (tertiary/aromatic N) is 1. The molecule has 2 aliphatic carbocycles. The Bertz CT molecular complexity index is 1230. The summed E-state index contributed by atoms with van der Waals surface area (Å²) in [5, 5.41) is 26.1. The second-order valence-electron chi connectivity index (χ2n) is 10.9. The Morgan fingerprint density at radius 1 is 1.16 bits per heavy atom. The molecular weight excluding hydrogens is 468 g/mol. The number of ether oxygens (including phenoxy) is 1. The first-order valence-corrected chi connectivity index (χ1v) is 13.1. The molecule has 196 valence electrons. The van der Waals surface area contributed by atoms with E-state index < -0.39 is 23.2 Å². The number of aliphatic hydroxyl groups is 1. The van der Waals surface area contributed by atoms with Gasteiger partial charge >= 0.3 is 0 Å². The van der Waals surface area contributed by atoms with E-state index in [4.69, 9.17) is 10.1 Å². The van der Waals surface area contributed by atoms with Gasteiger partial charge in [-0.15, -0.1) is 0 Å². The fraction of sp³-hybridized carbons (Fsp3) is 0.483. The molecule has 8 heteroatoms. The summed E-state index contributed by atoms with van der Waals surface area (Å²) in [4.78, 5) is 28.3. The van der Waals surface area contributed by atoms with Crippen molar-refractivity contribution < 1.29 is 19.4 Å². The van der Waals surface area contributed by atoms with Gasteiger partial charge in [-0.25, -0.2) is 0 Å². The van der Waals surface area contributed by atoms with Crippen LogP contribution in [0.1, 0.15) is 97.3 Å². The molecular formula is C29H36N4O4. The van der Waals surface area contributed by atoms with Crippen molar-refractivity contribution in [1.29, 1.82) is 5.41 Å². The summed E-state index contributed by atoms with van der Waals surface area (Å²) in [6, 6.07) is 12.3. The van der Waals surface area contributed by atoms with E-state index in [-0.39, 0.29) is 23.9 Å². The smallest absolute Gasteiger partial charge is 0.251 e. The molecule has 1 saturated heterocycles. The fourth-order valence-electron chi connectivity index (χ4n) is 6.33. The van der Waals surface area contributed by atoms with Gasteiger partial charge in [0.2, 0.25) is 5.91 Å². The Labute approximate surface area is 217 Å². The van der Waals surface area contributed by atoms with Crippen molar-refractivity contribution in [1.82, 2.24) is 15.5 Å². The second kappa shape index (κ2) is 9.26. The normalized spacial score (nSPS) is 28.0. The molecule has 0 aromatic heterocycles. The maximum Gasteiger partial charge on any atom is 0.251 e. The van der Waals surface area contributed by atoms with Gasteiger partial charge in [0.05, 0.1) is 30.2 Å². The Hall–Kier alpha value is -3.23. The number of hydrogen-bond acceptors (Lipinski definition) is 5. The van der Waals surface area contributed by atoms with Gasteiger partial charge in [0.25, 0.3) is 5.91 Å². The SMILES string of the molecule is CCC1(CC)CC(=O)N([C@@H]2C[C@H](OC)c3ccc(C(=O)N[C@@H]4c5ccccc5C[C@@]4(C)O)cc32)C(=N)N1. The predicted molar refractivity (Wildman–Crippen MR) is 140 cm³/mol. The van der Waals surface area contributed by atoms with Crippen LogP contribution in [0.3, 0.4) is 0 Å². The summed E-state index contributed by atoms with van der Waals surface area (Å²) in [5.41, 5.74) is 2.65. The maximum absolute atomic E-state index is 13.4. The highest BCUT2D eigenvalue weighted by Gasteiger charge is 2.46. The number of nitrogens with one attached hydrogen (secondary N) is 3. The zero-order chi connectivity index (χ0) is 26.5. The van der Waals surface area contributed by atoms with E-state index in [9.17, 15) is 14.7 Å². The molecule has 2 aromatic rings.